The van der Waals surface area contributed by atoms with Crippen molar-refractivity contribution >= 4 is 39.5 Å². The van der Waals surface area contributed by atoms with E-state index >= 15 is 0 Å². The van der Waals surface area contributed by atoms with Gasteiger partial charge < -0.3 is 33.8 Å². The third-order valence-corrected chi connectivity index (χ3v) is 18.2. The van der Waals surface area contributed by atoms with E-state index in [-0.39, 0.29) is 25.7 Å². The molecule has 0 aliphatic rings. The molecule has 0 bridgehead atoms. The number of carbonyl (C=O) groups excluding carboxylic acids is 4. The molecular weight excluding hydrogens is 1170 g/mol. The average molecular weight is 1310 g/mol. The highest BCUT2D eigenvalue weighted by molar-refractivity contribution is 7.47. The van der Waals surface area contributed by atoms with Gasteiger partial charge in [-0.25, -0.2) is 9.13 Å². The van der Waals surface area contributed by atoms with Crippen molar-refractivity contribution in [3.05, 3.63) is 0 Å². The quantitative estimate of drug-likeness (QED) is 0.0222. The first-order valence-electron chi connectivity index (χ1n) is 36.6. The van der Waals surface area contributed by atoms with Crippen LogP contribution >= 0.6 is 15.6 Å². The summed E-state index contributed by atoms with van der Waals surface area (Å²) in [5.74, 6) is -1.40. The van der Waals surface area contributed by atoms with Crippen molar-refractivity contribution in [2.45, 2.75) is 380 Å². The highest BCUT2D eigenvalue weighted by atomic mass is 31.2. The van der Waals surface area contributed by atoms with Gasteiger partial charge in [0.25, 0.3) is 0 Å². The van der Waals surface area contributed by atoms with Gasteiger partial charge in [-0.05, 0) is 31.6 Å². The fraction of sp³-hybridized carbons (Fsp3) is 0.943. The van der Waals surface area contributed by atoms with E-state index in [1.807, 2.05) is 0 Å². The fourth-order valence-corrected chi connectivity index (χ4v) is 12.2. The Kier molecular flexibility index (Phi) is 62.1. The van der Waals surface area contributed by atoms with Crippen LogP contribution in [0.1, 0.15) is 362 Å². The Balaban J connectivity index is 5.15. The van der Waals surface area contributed by atoms with Gasteiger partial charge in [-0.1, -0.05) is 311 Å². The van der Waals surface area contributed by atoms with Gasteiger partial charge in [0, 0.05) is 25.7 Å². The molecule has 0 aromatic rings. The molecule has 0 aromatic carbocycles. The van der Waals surface area contributed by atoms with Crippen LogP contribution in [0, 0.1) is 5.92 Å². The van der Waals surface area contributed by atoms with Gasteiger partial charge in [-0.2, -0.15) is 0 Å². The summed E-state index contributed by atoms with van der Waals surface area (Å²) in [6.45, 7) is 7.17. The normalized spacial score (nSPS) is 14.1. The van der Waals surface area contributed by atoms with E-state index in [0.717, 1.165) is 95.8 Å². The highest BCUT2D eigenvalue weighted by Crippen LogP contribution is 2.45. The molecule has 0 radical (unpaired) electrons. The van der Waals surface area contributed by atoms with E-state index in [0.29, 0.717) is 25.7 Å². The number of unbranched alkanes of at least 4 members (excludes halogenated alkanes) is 42. The number of aliphatic hydroxyl groups is 1. The molecule has 0 aliphatic carbocycles. The largest absolute Gasteiger partial charge is 0.472 e. The summed E-state index contributed by atoms with van der Waals surface area (Å²) in [7, 11) is -9.89. The van der Waals surface area contributed by atoms with Gasteiger partial charge in [0.05, 0.1) is 26.4 Å². The number of ether oxygens (including phenoxy) is 4. The van der Waals surface area contributed by atoms with Crippen molar-refractivity contribution in [1.29, 1.82) is 0 Å². The van der Waals surface area contributed by atoms with Crippen LogP contribution in [0.15, 0.2) is 0 Å². The number of rotatable bonds is 70. The molecule has 0 aliphatic heterocycles. The standard InChI is InChI=1S/C70H136O17P2/c1-6-9-12-15-18-21-22-23-24-25-26-27-28-29-30-31-34-41-46-51-56-70(75)87-66(60-81-68(73)54-49-44-39-36-35-37-42-47-52-63(4)5)62-85-89(78,79)83-58-64(71)57-82-88(76,77)84-61-65(86-69(74)55-50-45-40-33-20-17-14-11-8-3)59-80-67(72)53-48-43-38-32-19-16-13-10-7-2/h63-66,71H,6-62H2,1-5H3,(H,76,77)(H,78,79)/t64-,65+,66+/m0/s1. The van der Waals surface area contributed by atoms with Gasteiger partial charge >= 0.3 is 39.5 Å². The summed E-state index contributed by atoms with van der Waals surface area (Å²) in [4.78, 5) is 72.4. The van der Waals surface area contributed by atoms with Crippen molar-refractivity contribution in [3.8, 4) is 0 Å². The number of hydrogen-bond donors (Lipinski definition) is 3. The summed E-state index contributed by atoms with van der Waals surface area (Å²) < 4.78 is 68.2. The zero-order chi connectivity index (χ0) is 65.6. The van der Waals surface area contributed by atoms with Crippen LogP contribution in [0.5, 0.6) is 0 Å². The van der Waals surface area contributed by atoms with Crippen LogP contribution < -0.4 is 0 Å². The van der Waals surface area contributed by atoms with Crippen LogP contribution in [0.3, 0.4) is 0 Å². The number of hydrogen-bond acceptors (Lipinski definition) is 15. The molecule has 0 aromatic heterocycles. The number of esters is 4. The monoisotopic (exact) mass is 1310 g/mol. The van der Waals surface area contributed by atoms with Crippen LogP contribution in [0.25, 0.3) is 0 Å². The Morgan fingerprint density at radius 3 is 0.764 bits per heavy atom. The van der Waals surface area contributed by atoms with Crippen LogP contribution in [-0.2, 0) is 65.4 Å². The molecule has 19 heteroatoms. The lowest BCUT2D eigenvalue weighted by atomic mass is 10.0. The molecule has 0 rings (SSSR count). The molecular formula is C70H136O17P2. The van der Waals surface area contributed by atoms with E-state index in [9.17, 15) is 43.2 Å². The van der Waals surface area contributed by atoms with Crippen LogP contribution in [0.4, 0.5) is 0 Å². The summed E-state index contributed by atoms with van der Waals surface area (Å²) in [6, 6.07) is 0. The number of carbonyl (C=O) groups is 4. The van der Waals surface area contributed by atoms with Crippen molar-refractivity contribution < 1.29 is 80.2 Å². The molecule has 89 heavy (non-hydrogen) atoms. The van der Waals surface area contributed by atoms with Crippen LogP contribution in [-0.4, -0.2) is 96.7 Å². The first-order valence-corrected chi connectivity index (χ1v) is 39.6. The van der Waals surface area contributed by atoms with E-state index in [4.69, 9.17) is 37.0 Å². The first-order chi connectivity index (χ1) is 43.0. The summed E-state index contributed by atoms with van der Waals surface area (Å²) in [6.07, 6.45) is 50.1. The highest BCUT2D eigenvalue weighted by Gasteiger charge is 2.30. The SMILES string of the molecule is CCCCCCCCCCCCCCCCCCCCCCC(=O)O[C@H](COC(=O)CCCCCCCCCCC(C)C)COP(=O)(O)OC[C@@H](O)COP(=O)(O)OC[C@@H](COC(=O)CCCCCCCCCCC)OC(=O)CCCCCCCCCCC. The second kappa shape index (κ2) is 63.5. The Labute approximate surface area is 543 Å². The summed E-state index contributed by atoms with van der Waals surface area (Å²) >= 11 is 0. The molecule has 0 fully saturated rings. The lowest BCUT2D eigenvalue weighted by Crippen LogP contribution is -2.30. The lowest BCUT2D eigenvalue weighted by Gasteiger charge is -2.21. The predicted octanol–water partition coefficient (Wildman–Crippen LogP) is 20.1. The lowest BCUT2D eigenvalue weighted by molar-refractivity contribution is -0.161. The Bertz CT molecular complexity index is 1720. The minimum atomic E-state index is -4.95. The maximum Gasteiger partial charge on any atom is 0.472 e. The third kappa shape index (κ3) is 64.6. The van der Waals surface area contributed by atoms with Gasteiger partial charge in [-0.15, -0.1) is 0 Å². The molecule has 0 amide bonds. The van der Waals surface area contributed by atoms with Crippen molar-refractivity contribution in [2.24, 2.45) is 5.92 Å². The molecule has 0 saturated carbocycles. The van der Waals surface area contributed by atoms with E-state index < -0.39 is 97.5 Å². The number of aliphatic hydroxyl groups excluding tert-OH is 1. The summed E-state index contributed by atoms with van der Waals surface area (Å²) in [5, 5.41) is 10.6. The molecule has 0 spiro atoms. The average Bonchev–Trinajstić information content (AvgIpc) is 3.55. The molecule has 0 heterocycles. The van der Waals surface area contributed by atoms with Crippen LogP contribution in [0.2, 0.25) is 0 Å². The Morgan fingerprint density at radius 2 is 0.517 bits per heavy atom. The zero-order valence-electron chi connectivity index (χ0n) is 57.6. The maximum atomic E-state index is 13.0. The predicted molar refractivity (Wildman–Crippen MR) is 358 cm³/mol. The number of phosphoric ester groups is 2. The molecule has 3 N–H and O–H groups in total. The molecule has 0 saturated heterocycles. The van der Waals surface area contributed by atoms with Crippen molar-refractivity contribution in [3.63, 3.8) is 0 Å². The van der Waals surface area contributed by atoms with E-state index in [1.54, 1.807) is 0 Å². The Morgan fingerprint density at radius 1 is 0.303 bits per heavy atom. The van der Waals surface area contributed by atoms with Crippen molar-refractivity contribution in [2.75, 3.05) is 39.6 Å². The number of phosphoric acid groups is 2. The molecule has 5 atom stereocenters. The Hall–Kier alpha value is -1.94. The molecule has 2 unspecified atom stereocenters. The fourth-order valence-electron chi connectivity index (χ4n) is 10.6. The molecule has 528 valence electrons. The van der Waals surface area contributed by atoms with E-state index in [1.165, 1.54) is 186 Å². The topological polar surface area (TPSA) is 237 Å². The van der Waals surface area contributed by atoms with E-state index in [2.05, 4.69) is 34.6 Å². The molecule has 17 nitrogen and oxygen atoms in total. The van der Waals surface area contributed by atoms with Crippen molar-refractivity contribution in [1.82, 2.24) is 0 Å². The minimum Gasteiger partial charge on any atom is -0.462 e. The second-order valence-electron chi connectivity index (χ2n) is 25.7. The van der Waals surface area contributed by atoms with Gasteiger partial charge in [0.15, 0.2) is 12.2 Å². The van der Waals surface area contributed by atoms with Gasteiger partial charge in [0.2, 0.25) is 0 Å². The maximum absolute atomic E-state index is 13.0. The third-order valence-electron chi connectivity index (χ3n) is 16.3. The van der Waals surface area contributed by atoms with Gasteiger partial charge in [0.1, 0.15) is 19.3 Å². The van der Waals surface area contributed by atoms with Gasteiger partial charge in [-0.3, -0.25) is 37.3 Å². The smallest absolute Gasteiger partial charge is 0.462 e. The zero-order valence-corrected chi connectivity index (χ0v) is 59.4. The first kappa shape index (κ1) is 87.1. The summed E-state index contributed by atoms with van der Waals surface area (Å²) in [5.41, 5.74) is 0. The second-order valence-corrected chi connectivity index (χ2v) is 28.7. The minimum absolute atomic E-state index is 0.106.